The van der Waals surface area contributed by atoms with E-state index in [2.05, 4.69) is 15.9 Å². The Hall–Kier alpha value is -0.910. The summed E-state index contributed by atoms with van der Waals surface area (Å²) in [5, 5.41) is 0. The molecule has 0 atom stereocenters. The first-order valence-electron chi connectivity index (χ1n) is 6.23. The predicted octanol–water partition coefficient (Wildman–Crippen LogP) is 2.16. The van der Waals surface area contributed by atoms with Crippen LogP contribution in [0.2, 0.25) is 0 Å². The van der Waals surface area contributed by atoms with Crippen LogP contribution in [-0.2, 0) is 27.1 Å². The second kappa shape index (κ2) is 7.03. The molecule has 1 aliphatic rings. The molecule has 0 radical (unpaired) electrons. The Kier molecular flexibility index (Phi) is 5.36. The number of carbonyl (C=O) groups excluding carboxylic acids is 1. The highest BCUT2D eigenvalue weighted by molar-refractivity contribution is 9.10. The number of hydrogen-bond acceptors (Lipinski definition) is 4. The van der Waals surface area contributed by atoms with Gasteiger partial charge in [0.15, 0.2) is 5.78 Å². The molecule has 1 aromatic rings. The maximum Gasteiger partial charge on any atom is 0.162 e. The van der Waals surface area contributed by atoms with Crippen LogP contribution in [0.3, 0.4) is 0 Å². The summed E-state index contributed by atoms with van der Waals surface area (Å²) in [6, 6.07) is 3.99. The van der Waals surface area contributed by atoms with Crippen molar-refractivity contribution in [1.82, 2.24) is 0 Å². The fourth-order valence-electron chi connectivity index (χ4n) is 2.07. The van der Waals surface area contributed by atoms with Gasteiger partial charge in [-0.2, -0.15) is 0 Å². The number of methoxy groups -OCH3 is 1. The van der Waals surface area contributed by atoms with Crippen molar-refractivity contribution in [1.29, 1.82) is 0 Å². The first-order chi connectivity index (χ1) is 9.20. The van der Waals surface area contributed by atoms with Crippen LogP contribution in [0, 0.1) is 0 Å². The lowest BCUT2D eigenvalue weighted by molar-refractivity contribution is -0.123. The summed E-state index contributed by atoms with van der Waals surface area (Å²) < 4.78 is 16.7. The van der Waals surface area contributed by atoms with Gasteiger partial charge < -0.3 is 14.2 Å². The molecule has 1 heterocycles. The minimum atomic E-state index is 0.0481. The van der Waals surface area contributed by atoms with Gasteiger partial charge in [0.2, 0.25) is 0 Å². The molecule has 0 spiro atoms. The summed E-state index contributed by atoms with van der Waals surface area (Å²) >= 11 is 3.46. The maximum absolute atomic E-state index is 11.9. The standard InChI is InChI=1S/C14H17BrO4/c1-17-4-5-18-9-13(16)8-11-7-12(15)6-10-2-3-19-14(10)11/h6-7H,2-5,8-9H2,1H3. The van der Waals surface area contributed by atoms with Crippen LogP contribution in [-0.4, -0.2) is 39.3 Å². The van der Waals surface area contributed by atoms with Crippen molar-refractivity contribution in [2.24, 2.45) is 0 Å². The summed E-state index contributed by atoms with van der Waals surface area (Å²) in [5.74, 6) is 0.917. The lowest BCUT2D eigenvalue weighted by Crippen LogP contribution is -2.14. The molecule has 104 valence electrons. The molecule has 0 fully saturated rings. The van der Waals surface area contributed by atoms with Gasteiger partial charge in [0.05, 0.1) is 19.8 Å². The van der Waals surface area contributed by atoms with E-state index in [0.717, 1.165) is 27.8 Å². The Morgan fingerprint density at radius 1 is 1.42 bits per heavy atom. The van der Waals surface area contributed by atoms with Crippen LogP contribution in [0.25, 0.3) is 0 Å². The first kappa shape index (κ1) is 14.5. The predicted molar refractivity (Wildman–Crippen MR) is 74.7 cm³/mol. The van der Waals surface area contributed by atoms with Gasteiger partial charge in [-0.3, -0.25) is 4.79 Å². The number of carbonyl (C=O) groups is 1. The molecule has 1 aliphatic heterocycles. The minimum absolute atomic E-state index is 0.0481. The molecule has 4 nitrogen and oxygen atoms in total. The van der Waals surface area contributed by atoms with Gasteiger partial charge in [-0.15, -0.1) is 0 Å². The molecule has 0 saturated heterocycles. The van der Waals surface area contributed by atoms with Crippen molar-refractivity contribution in [3.8, 4) is 5.75 Å². The van der Waals surface area contributed by atoms with Crippen molar-refractivity contribution in [3.05, 3.63) is 27.7 Å². The minimum Gasteiger partial charge on any atom is -0.493 e. The third-order valence-electron chi connectivity index (χ3n) is 2.91. The molecule has 0 N–H and O–H groups in total. The maximum atomic E-state index is 11.9. The van der Waals surface area contributed by atoms with Crippen molar-refractivity contribution in [2.45, 2.75) is 12.8 Å². The Labute approximate surface area is 121 Å². The first-order valence-corrected chi connectivity index (χ1v) is 7.02. The van der Waals surface area contributed by atoms with E-state index in [-0.39, 0.29) is 12.4 Å². The zero-order valence-electron chi connectivity index (χ0n) is 10.9. The van der Waals surface area contributed by atoms with Crippen LogP contribution in [0.15, 0.2) is 16.6 Å². The molecule has 2 rings (SSSR count). The van der Waals surface area contributed by atoms with Gasteiger partial charge in [-0.1, -0.05) is 15.9 Å². The van der Waals surface area contributed by atoms with Gasteiger partial charge in [-0.25, -0.2) is 0 Å². The molecule has 5 heteroatoms. The van der Waals surface area contributed by atoms with E-state index in [1.807, 2.05) is 12.1 Å². The molecule has 0 saturated carbocycles. The quantitative estimate of drug-likeness (QED) is 0.719. The number of hydrogen-bond donors (Lipinski definition) is 0. The number of ether oxygens (including phenoxy) is 3. The zero-order valence-corrected chi connectivity index (χ0v) is 12.5. The van der Waals surface area contributed by atoms with Crippen molar-refractivity contribution in [3.63, 3.8) is 0 Å². The highest BCUT2D eigenvalue weighted by Crippen LogP contribution is 2.33. The lowest BCUT2D eigenvalue weighted by Gasteiger charge is -2.09. The highest BCUT2D eigenvalue weighted by atomic mass is 79.9. The van der Waals surface area contributed by atoms with Gasteiger partial charge in [0.25, 0.3) is 0 Å². The molecule has 0 amide bonds. The van der Waals surface area contributed by atoms with Gasteiger partial charge in [-0.05, 0) is 17.7 Å². The number of benzene rings is 1. The highest BCUT2D eigenvalue weighted by Gasteiger charge is 2.19. The Balaban J connectivity index is 1.94. The van der Waals surface area contributed by atoms with Gasteiger partial charge in [0.1, 0.15) is 12.4 Å². The fraction of sp³-hybridized carbons (Fsp3) is 0.500. The van der Waals surface area contributed by atoms with Gasteiger partial charge in [0, 0.05) is 30.0 Å². The number of ketones is 1. The van der Waals surface area contributed by atoms with E-state index in [1.54, 1.807) is 7.11 Å². The number of Topliss-reactive ketones (excluding diaryl/α,β-unsaturated/α-hetero) is 1. The average molecular weight is 329 g/mol. The van der Waals surface area contributed by atoms with E-state index >= 15 is 0 Å². The SMILES string of the molecule is COCCOCC(=O)Cc1cc(Br)cc2c1OCC2. The summed E-state index contributed by atoms with van der Waals surface area (Å²) in [5.41, 5.74) is 2.10. The van der Waals surface area contributed by atoms with E-state index in [0.29, 0.717) is 26.2 Å². The van der Waals surface area contributed by atoms with Gasteiger partial charge >= 0.3 is 0 Å². The molecule has 0 unspecified atom stereocenters. The van der Waals surface area contributed by atoms with Crippen molar-refractivity contribution < 1.29 is 19.0 Å². The summed E-state index contributed by atoms with van der Waals surface area (Å²) in [7, 11) is 1.60. The molecule has 19 heavy (non-hydrogen) atoms. The average Bonchev–Trinajstić information content (AvgIpc) is 2.82. The topological polar surface area (TPSA) is 44.8 Å². The Morgan fingerprint density at radius 3 is 3.05 bits per heavy atom. The molecule has 0 aliphatic carbocycles. The molecule has 1 aromatic carbocycles. The van der Waals surface area contributed by atoms with Crippen molar-refractivity contribution >= 4 is 21.7 Å². The van der Waals surface area contributed by atoms with E-state index in [9.17, 15) is 4.79 Å². The molecular formula is C14H17BrO4. The van der Waals surface area contributed by atoms with Crippen LogP contribution in [0.4, 0.5) is 0 Å². The van der Waals surface area contributed by atoms with Crippen LogP contribution in [0.1, 0.15) is 11.1 Å². The number of rotatable bonds is 7. The third-order valence-corrected chi connectivity index (χ3v) is 3.37. The Morgan fingerprint density at radius 2 is 2.26 bits per heavy atom. The van der Waals surface area contributed by atoms with Crippen molar-refractivity contribution in [2.75, 3.05) is 33.5 Å². The third kappa shape index (κ3) is 4.03. The smallest absolute Gasteiger partial charge is 0.162 e. The zero-order chi connectivity index (χ0) is 13.7. The monoisotopic (exact) mass is 328 g/mol. The summed E-state index contributed by atoms with van der Waals surface area (Å²) in [6.45, 7) is 1.75. The second-order valence-corrected chi connectivity index (χ2v) is 5.33. The lowest BCUT2D eigenvalue weighted by atomic mass is 10.0. The summed E-state index contributed by atoms with van der Waals surface area (Å²) in [4.78, 5) is 11.9. The number of halogens is 1. The number of fused-ring (bicyclic) bond motifs is 1. The van der Waals surface area contributed by atoms with E-state index in [1.165, 1.54) is 0 Å². The van der Waals surface area contributed by atoms with E-state index < -0.39 is 0 Å². The molecule has 0 bridgehead atoms. The molecule has 0 aromatic heterocycles. The normalized spacial score (nSPS) is 13.2. The summed E-state index contributed by atoms with van der Waals surface area (Å²) in [6.07, 6.45) is 1.25. The second-order valence-electron chi connectivity index (χ2n) is 4.41. The van der Waals surface area contributed by atoms with Crippen LogP contribution < -0.4 is 4.74 Å². The van der Waals surface area contributed by atoms with Crippen LogP contribution >= 0.6 is 15.9 Å². The largest absolute Gasteiger partial charge is 0.493 e. The van der Waals surface area contributed by atoms with E-state index in [4.69, 9.17) is 14.2 Å². The fourth-order valence-corrected chi connectivity index (χ4v) is 2.62. The van der Waals surface area contributed by atoms with Crippen LogP contribution in [0.5, 0.6) is 5.75 Å². The molecular weight excluding hydrogens is 312 g/mol. The Bertz CT molecular complexity index is 459.